The van der Waals surface area contributed by atoms with E-state index in [1.807, 2.05) is 23.8 Å². The molecule has 0 spiro atoms. The van der Waals surface area contributed by atoms with Crippen LogP contribution in [-0.4, -0.2) is 19.5 Å². The van der Waals surface area contributed by atoms with Crippen molar-refractivity contribution in [3.05, 3.63) is 35.3 Å². The van der Waals surface area contributed by atoms with Crippen LogP contribution < -0.4 is 0 Å². The van der Waals surface area contributed by atoms with Crippen LogP contribution in [0, 0.1) is 6.92 Å². The molecule has 0 unspecified atom stereocenters. The van der Waals surface area contributed by atoms with Crippen molar-refractivity contribution in [3.63, 3.8) is 0 Å². The average Bonchev–Trinajstić information content (AvgIpc) is 2.64. The van der Waals surface area contributed by atoms with Crippen LogP contribution in [0.4, 0.5) is 0 Å². The highest BCUT2D eigenvalue weighted by Gasteiger charge is 2.08. The van der Waals surface area contributed by atoms with Gasteiger partial charge in [0.25, 0.3) is 0 Å². The molecular weight excluding hydrogens is 224 g/mol. The Morgan fingerprint density at radius 1 is 1.31 bits per heavy atom. The second-order valence-electron chi connectivity index (χ2n) is 4.00. The minimum absolute atomic E-state index is 0.271. The van der Waals surface area contributed by atoms with Crippen LogP contribution in [0.25, 0.3) is 5.82 Å². The first-order valence-corrected chi connectivity index (χ1v) is 5.49. The molecule has 16 heavy (non-hydrogen) atoms. The van der Waals surface area contributed by atoms with Crippen molar-refractivity contribution in [1.29, 1.82) is 0 Å². The Labute approximate surface area is 99.3 Å². The van der Waals surface area contributed by atoms with Crippen LogP contribution in [0.15, 0.2) is 18.6 Å². The summed E-state index contributed by atoms with van der Waals surface area (Å²) in [7, 11) is 0. The summed E-state index contributed by atoms with van der Waals surface area (Å²) in [6.45, 7) is 6.08. The first-order chi connectivity index (χ1) is 7.56. The molecule has 84 valence electrons. The first-order valence-electron chi connectivity index (χ1n) is 5.11. The third-order valence-electron chi connectivity index (χ3n) is 2.27. The van der Waals surface area contributed by atoms with Crippen molar-refractivity contribution in [2.45, 2.75) is 26.7 Å². The molecule has 0 aliphatic carbocycles. The van der Waals surface area contributed by atoms with E-state index in [1.54, 1.807) is 6.33 Å². The SMILES string of the molecule is Cc1cn(-c2cc(C(C)C)nc(Cl)n2)cn1. The monoisotopic (exact) mass is 236 g/mol. The molecule has 0 N–H and O–H groups in total. The highest BCUT2D eigenvalue weighted by atomic mass is 35.5. The van der Waals surface area contributed by atoms with Gasteiger partial charge in [-0.1, -0.05) is 13.8 Å². The number of aryl methyl sites for hydroxylation is 1. The number of imidazole rings is 1. The van der Waals surface area contributed by atoms with E-state index in [4.69, 9.17) is 11.6 Å². The first kappa shape index (κ1) is 11.1. The highest BCUT2D eigenvalue weighted by molar-refractivity contribution is 6.28. The summed E-state index contributed by atoms with van der Waals surface area (Å²) in [6, 6.07) is 1.93. The van der Waals surface area contributed by atoms with Crippen LogP contribution in [0.3, 0.4) is 0 Å². The molecule has 4 nitrogen and oxygen atoms in total. The summed E-state index contributed by atoms with van der Waals surface area (Å²) >= 11 is 5.89. The Morgan fingerprint density at radius 2 is 2.06 bits per heavy atom. The van der Waals surface area contributed by atoms with Gasteiger partial charge in [0.05, 0.1) is 11.4 Å². The minimum atomic E-state index is 0.271. The maximum absolute atomic E-state index is 5.89. The second-order valence-corrected chi connectivity index (χ2v) is 4.34. The molecule has 0 saturated carbocycles. The second kappa shape index (κ2) is 4.22. The van der Waals surface area contributed by atoms with Gasteiger partial charge in [0.1, 0.15) is 12.1 Å². The smallest absolute Gasteiger partial charge is 0.224 e. The maximum Gasteiger partial charge on any atom is 0.224 e. The molecular formula is C11H13ClN4. The lowest BCUT2D eigenvalue weighted by atomic mass is 10.1. The molecule has 5 heteroatoms. The van der Waals surface area contributed by atoms with Crippen molar-refractivity contribution in [2.24, 2.45) is 0 Å². The molecule has 0 bridgehead atoms. The fourth-order valence-corrected chi connectivity index (χ4v) is 1.58. The van der Waals surface area contributed by atoms with E-state index < -0.39 is 0 Å². The molecule has 2 aromatic rings. The lowest BCUT2D eigenvalue weighted by molar-refractivity contribution is 0.804. The molecule has 0 aliphatic heterocycles. The standard InChI is InChI=1S/C11H13ClN4/c1-7(2)9-4-10(15-11(12)14-9)16-5-8(3)13-6-16/h4-7H,1-3H3. The molecule has 2 heterocycles. The van der Waals surface area contributed by atoms with E-state index in [1.165, 1.54) is 0 Å². The number of hydrogen-bond acceptors (Lipinski definition) is 3. The van der Waals surface area contributed by atoms with E-state index >= 15 is 0 Å². The maximum atomic E-state index is 5.89. The summed E-state index contributed by atoms with van der Waals surface area (Å²) in [5.41, 5.74) is 1.88. The van der Waals surface area contributed by atoms with Gasteiger partial charge in [-0.2, -0.15) is 4.98 Å². The zero-order valence-electron chi connectivity index (χ0n) is 9.48. The van der Waals surface area contributed by atoms with Crippen molar-refractivity contribution in [2.75, 3.05) is 0 Å². The van der Waals surface area contributed by atoms with Crippen LogP contribution >= 0.6 is 11.6 Å². The van der Waals surface area contributed by atoms with Gasteiger partial charge in [-0.25, -0.2) is 9.97 Å². The summed E-state index contributed by atoms with van der Waals surface area (Å²) in [5.74, 6) is 1.08. The number of rotatable bonds is 2. The Balaban J connectivity index is 2.49. The number of hydrogen-bond donors (Lipinski definition) is 0. The van der Waals surface area contributed by atoms with Crippen molar-refractivity contribution in [3.8, 4) is 5.82 Å². The highest BCUT2D eigenvalue weighted by Crippen LogP contribution is 2.17. The van der Waals surface area contributed by atoms with Crippen molar-refractivity contribution < 1.29 is 0 Å². The molecule has 0 atom stereocenters. The summed E-state index contributed by atoms with van der Waals surface area (Å²) in [5, 5.41) is 0.271. The van der Waals surface area contributed by atoms with Gasteiger partial charge in [0.2, 0.25) is 5.28 Å². The topological polar surface area (TPSA) is 43.6 Å². The number of halogens is 1. The van der Waals surface area contributed by atoms with Gasteiger partial charge in [-0.05, 0) is 24.4 Å². The lowest BCUT2D eigenvalue weighted by Gasteiger charge is -2.07. The molecule has 0 amide bonds. The molecule has 0 radical (unpaired) electrons. The van der Waals surface area contributed by atoms with Crippen molar-refractivity contribution >= 4 is 11.6 Å². The number of nitrogens with zero attached hydrogens (tertiary/aromatic N) is 4. The normalized spacial score (nSPS) is 11.1. The van der Waals surface area contributed by atoms with Crippen LogP contribution in [-0.2, 0) is 0 Å². The van der Waals surface area contributed by atoms with Gasteiger partial charge < -0.3 is 0 Å². The van der Waals surface area contributed by atoms with Gasteiger partial charge in [-0.15, -0.1) is 0 Å². The molecule has 2 rings (SSSR count). The van der Waals surface area contributed by atoms with E-state index in [0.29, 0.717) is 5.92 Å². The van der Waals surface area contributed by atoms with E-state index in [-0.39, 0.29) is 5.28 Å². The fourth-order valence-electron chi connectivity index (χ4n) is 1.40. The summed E-state index contributed by atoms with van der Waals surface area (Å²) < 4.78 is 1.84. The van der Waals surface area contributed by atoms with Gasteiger partial charge in [0, 0.05) is 12.3 Å². The third-order valence-corrected chi connectivity index (χ3v) is 2.44. The third kappa shape index (κ3) is 2.22. The average molecular weight is 237 g/mol. The quantitative estimate of drug-likeness (QED) is 0.753. The van der Waals surface area contributed by atoms with E-state index in [9.17, 15) is 0 Å². The Bertz CT molecular complexity index is 504. The molecule has 0 saturated heterocycles. The molecule has 0 fully saturated rings. The zero-order chi connectivity index (χ0) is 11.7. The molecule has 0 aromatic carbocycles. The Morgan fingerprint density at radius 3 is 2.62 bits per heavy atom. The van der Waals surface area contributed by atoms with Gasteiger partial charge >= 0.3 is 0 Å². The molecule has 0 aliphatic rings. The molecule has 2 aromatic heterocycles. The van der Waals surface area contributed by atoms with Crippen LogP contribution in [0.5, 0.6) is 0 Å². The predicted molar refractivity (Wildman–Crippen MR) is 63.0 cm³/mol. The van der Waals surface area contributed by atoms with Crippen LogP contribution in [0.2, 0.25) is 5.28 Å². The minimum Gasteiger partial charge on any atom is -0.290 e. The Kier molecular flexibility index (Phi) is 2.92. The lowest BCUT2D eigenvalue weighted by Crippen LogP contribution is -2.01. The summed E-state index contributed by atoms with van der Waals surface area (Å²) in [6.07, 6.45) is 3.63. The van der Waals surface area contributed by atoms with Crippen molar-refractivity contribution in [1.82, 2.24) is 19.5 Å². The largest absolute Gasteiger partial charge is 0.290 e. The van der Waals surface area contributed by atoms with E-state index in [2.05, 4.69) is 28.8 Å². The Hall–Kier alpha value is -1.42. The fraction of sp³-hybridized carbons (Fsp3) is 0.364. The zero-order valence-corrected chi connectivity index (χ0v) is 10.2. The van der Waals surface area contributed by atoms with Gasteiger partial charge in [-0.3, -0.25) is 4.57 Å². The van der Waals surface area contributed by atoms with Gasteiger partial charge in [0.15, 0.2) is 0 Å². The predicted octanol–water partition coefficient (Wildman–Crippen LogP) is 2.75. The van der Waals surface area contributed by atoms with Crippen LogP contribution in [0.1, 0.15) is 31.2 Å². The van der Waals surface area contributed by atoms with E-state index in [0.717, 1.165) is 17.2 Å². The summed E-state index contributed by atoms with van der Waals surface area (Å²) in [4.78, 5) is 12.5. The number of aromatic nitrogens is 4.